The van der Waals surface area contributed by atoms with E-state index in [1.165, 1.54) is 26.4 Å². The Balaban J connectivity index is 2.22. The first-order chi connectivity index (χ1) is 12.8. The van der Waals surface area contributed by atoms with Crippen molar-refractivity contribution in [3.63, 3.8) is 0 Å². The average molecular weight is 379 g/mol. The summed E-state index contributed by atoms with van der Waals surface area (Å²) in [5, 5.41) is 11.7. The van der Waals surface area contributed by atoms with E-state index >= 15 is 0 Å². The van der Waals surface area contributed by atoms with Gasteiger partial charge in [0.2, 0.25) is 5.91 Å². The van der Waals surface area contributed by atoms with Gasteiger partial charge in [-0.2, -0.15) is 0 Å². The maximum absolute atomic E-state index is 13.7. The Morgan fingerprint density at radius 2 is 1.81 bits per heavy atom. The standard InChI is InChI=1S/C19H19F2NO5/c1-26-15-7-6-11(8-16(15)27-2)14(10-18(24)25)22-17(23)9-12-4-3-5-13(20)19(12)21/h3-8,14H,9-10H2,1-2H3,(H,22,23)(H,24,25). The normalized spacial score (nSPS) is 11.6. The maximum Gasteiger partial charge on any atom is 0.305 e. The van der Waals surface area contributed by atoms with Gasteiger partial charge in [-0.05, 0) is 23.8 Å². The number of aliphatic carboxylic acids is 1. The largest absolute Gasteiger partial charge is 0.493 e. The van der Waals surface area contributed by atoms with Crippen LogP contribution < -0.4 is 14.8 Å². The fraction of sp³-hybridized carbons (Fsp3) is 0.263. The maximum atomic E-state index is 13.7. The van der Waals surface area contributed by atoms with E-state index in [4.69, 9.17) is 14.6 Å². The highest BCUT2D eigenvalue weighted by Crippen LogP contribution is 2.31. The van der Waals surface area contributed by atoms with E-state index in [2.05, 4.69) is 5.32 Å². The van der Waals surface area contributed by atoms with Crippen LogP contribution in [-0.4, -0.2) is 31.2 Å². The summed E-state index contributed by atoms with van der Waals surface area (Å²) in [6.45, 7) is 0. The number of ether oxygens (including phenoxy) is 2. The minimum Gasteiger partial charge on any atom is -0.493 e. The van der Waals surface area contributed by atoms with Crippen LogP contribution in [0.15, 0.2) is 36.4 Å². The van der Waals surface area contributed by atoms with Gasteiger partial charge in [-0.3, -0.25) is 9.59 Å². The van der Waals surface area contributed by atoms with Gasteiger partial charge in [0.15, 0.2) is 23.1 Å². The van der Waals surface area contributed by atoms with Gasteiger partial charge in [-0.25, -0.2) is 8.78 Å². The van der Waals surface area contributed by atoms with E-state index in [1.807, 2.05) is 0 Å². The number of carboxylic acid groups (broad SMARTS) is 1. The van der Waals surface area contributed by atoms with Gasteiger partial charge in [-0.15, -0.1) is 0 Å². The molecule has 1 unspecified atom stereocenters. The molecule has 2 aromatic rings. The summed E-state index contributed by atoms with van der Waals surface area (Å²) in [6, 6.07) is 7.39. The molecule has 1 amide bonds. The molecule has 0 aliphatic rings. The summed E-state index contributed by atoms with van der Waals surface area (Å²) in [5.41, 5.74) is 0.358. The molecule has 1 atom stereocenters. The highest BCUT2D eigenvalue weighted by Gasteiger charge is 2.21. The molecule has 0 aliphatic heterocycles. The number of carboxylic acids is 1. The lowest BCUT2D eigenvalue weighted by molar-refractivity contribution is -0.137. The number of hydrogen-bond acceptors (Lipinski definition) is 4. The Bertz CT molecular complexity index is 841. The van der Waals surface area contributed by atoms with Crippen molar-refractivity contribution in [2.24, 2.45) is 0 Å². The van der Waals surface area contributed by atoms with E-state index < -0.39 is 42.4 Å². The number of hydrogen-bond donors (Lipinski definition) is 2. The number of methoxy groups -OCH3 is 2. The molecule has 8 heteroatoms. The summed E-state index contributed by atoms with van der Waals surface area (Å²) >= 11 is 0. The number of nitrogens with one attached hydrogen (secondary N) is 1. The highest BCUT2D eigenvalue weighted by molar-refractivity contribution is 5.80. The van der Waals surface area contributed by atoms with Gasteiger partial charge >= 0.3 is 5.97 Å². The zero-order valence-electron chi connectivity index (χ0n) is 14.8. The van der Waals surface area contributed by atoms with E-state index in [0.29, 0.717) is 17.1 Å². The Morgan fingerprint density at radius 1 is 1.11 bits per heavy atom. The topological polar surface area (TPSA) is 84.9 Å². The molecule has 0 fully saturated rings. The average Bonchev–Trinajstić information content (AvgIpc) is 2.64. The number of benzene rings is 2. The van der Waals surface area contributed by atoms with Gasteiger partial charge in [-0.1, -0.05) is 18.2 Å². The predicted octanol–water partition coefficient (Wildman–Crippen LogP) is 2.86. The lowest BCUT2D eigenvalue weighted by Crippen LogP contribution is -2.31. The van der Waals surface area contributed by atoms with Crippen LogP contribution in [0.2, 0.25) is 0 Å². The van der Waals surface area contributed by atoms with Crippen LogP contribution in [0.1, 0.15) is 23.6 Å². The zero-order valence-corrected chi connectivity index (χ0v) is 14.8. The molecule has 144 valence electrons. The first-order valence-electron chi connectivity index (χ1n) is 8.01. The molecule has 0 radical (unpaired) electrons. The Morgan fingerprint density at radius 3 is 2.44 bits per heavy atom. The van der Waals surface area contributed by atoms with Crippen LogP contribution in [-0.2, 0) is 16.0 Å². The molecular weight excluding hydrogens is 360 g/mol. The number of rotatable bonds is 8. The van der Waals surface area contributed by atoms with Crippen LogP contribution in [0, 0.1) is 11.6 Å². The molecule has 0 aromatic heterocycles. The fourth-order valence-electron chi connectivity index (χ4n) is 2.60. The monoisotopic (exact) mass is 379 g/mol. The molecule has 27 heavy (non-hydrogen) atoms. The van der Waals surface area contributed by atoms with Crippen LogP contribution in [0.5, 0.6) is 11.5 Å². The van der Waals surface area contributed by atoms with Crippen molar-refractivity contribution < 1.29 is 33.0 Å². The molecule has 0 aliphatic carbocycles. The van der Waals surface area contributed by atoms with Crippen molar-refractivity contribution in [1.82, 2.24) is 5.32 Å². The number of halogens is 2. The zero-order chi connectivity index (χ0) is 20.0. The predicted molar refractivity (Wildman–Crippen MR) is 92.7 cm³/mol. The van der Waals surface area contributed by atoms with Gasteiger partial charge in [0.1, 0.15) is 0 Å². The van der Waals surface area contributed by atoms with Gasteiger partial charge in [0, 0.05) is 5.56 Å². The molecule has 2 aromatic carbocycles. The quantitative estimate of drug-likeness (QED) is 0.737. The minimum absolute atomic E-state index is 0.117. The summed E-state index contributed by atoms with van der Waals surface area (Å²) in [7, 11) is 2.89. The van der Waals surface area contributed by atoms with Crippen molar-refractivity contribution in [3.8, 4) is 11.5 Å². The van der Waals surface area contributed by atoms with E-state index in [9.17, 15) is 18.4 Å². The molecule has 2 N–H and O–H groups in total. The second-order valence-corrected chi connectivity index (χ2v) is 5.72. The molecule has 6 nitrogen and oxygen atoms in total. The van der Waals surface area contributed by atoms with Crippen molar-refractivity contribution >= 4 is 11.9 Å². The summed E-state index contributed by atoms with van der Waals surface area (Å²) in [6.07, 6.45) is -0.820. The SMILES string of the molecule is COc1ccc(C(CC(=O)O)NC(=O)Cc2cccc(F)c2F)cc1OC. The van der Waals surface area contributed by atoms with E-state index in [1.54, 1.807) is 18.2 Å². The lowest BCUT2D eigenvalue weighted by atomic mass is 10.0. The van der Waals surface area contributed by atoms with Crippen LogP contribution in [0.3, 0.4) is 0 Å². The van der Waals surface area contributed by atoms with Crippen molar-refractivity contribution in [2.45, 2.75) is 18.9 Å². The molecular formula is C19H19F2NO5. The fourth-order valence-corrected chi connectivity index (χ4v) is 2.60. The van der Waals surface area contributed by atoms with Crippen molar-refractivity contribution in [1.29, 1.82) is 0 Å². The summed E-state index contributed by atoms with van der Waals surface area (Å²) in [5.74, 6) is -3.11. The third kappa shape index (κ3) is 5.16. The molecule has 0 saturated carbocycles. The summed E-state index contributed by atoms with van der Waals surface area (Å²) in [4.78, 5) is 23.5. The Labute approximate surface area is 154 Å². The Hall–Kier alpha value is -3.16. The third-order valence-electron chi connectivity index (χ3n) is 3.91. The molecule has 0 spiro atoms. The van der Waals surface area contributed by atoms with Crippen LogP contribution in [0.4, 0.5) is 8.78 Å². The Kier molecular flexibility index (Phi) is 6.70. The van der Waals surface area contributed by atoms with Gasteiger partial charge < -0.3 is 19.9 Å². The van der Waals surface area contributed by atoms with Gasteiger partial charge in [0.25, 0.3) is 0 Å². The molecule has 0 saturated heterocycles. The number of amides is 1. The third-order valence-corrected chi connectivity index (χ3v) is 3.91. The van der Waals surface area contributed by atoms with E-state index in [0.717, 1.165) is 6.07 Å². The smallest absolute Gasteiger partial charge is 0.305 e. The van der Waals surface area contributed by atoms with Crippen molar-refractivity contribution in [2.75, 3.05) is 14.2 Å². The molecule has 0 heterocycles. The second kappa shape index (κ2) is 8.98. The number of carbonyl (C=O) groups excluding carboxylic acids is 1. The first kappa shape index (κ1) is 20.2. The van der Waals surface area contributed by atoms with Gasteiger partial charge in [0.05, 0.1) is 33.1 Å². The van der Waals surface area contributed by atoms with Crippen LogP contribution in [0.25, 0.3) is 0 Å². The minimum atomic E-state index is -1.13. The summed E-state index contributed by atoms with van der Waals surface area (Å²) < 4.78 is 37.3. The molecule has 0 bridgehead atoms. The number of carbonyl (C=O) groups is 2. The van der Waals surface area contributed by atoms with E-state index in [-0.39, 0.29) is 5.56 Å². The molecule has 2 rings (SSSR count). The lowest BCUT2D eigenvalue weighted by Gasteiger charge is -2.19. The van der Waals surface area contributed by atoms with Crippen molar-refractivity contribution in [3.05, 3.63) is 59.2 Å². The first-order valence-corrected chi connectivity index (χ1v) is 8.01. The highest BCUT2D eigenvalue weighted by atomic mass is 19.2. The van der Waals surface area contributed by atoms with Crippen LogP contribution >= 0.6 is 0 Å². The second-order valence-electron chi connectivity index (χ2n) is 5.72.